The minimum Gasteiger partial charge on any atom is -0.383 e. The molecule has 0 amide bonds. The van der Waals surface area contributed by atoms with E-state index in [2.05, 4.69) is 26.9 Å². The quantitative estimate of drug-likeness (QED) is 0.672. The zero-order chi connectivity index (χ0) is 13.0. The fourth-order valence-corrected chi connectivity index (χ4v) is 2.32. The van der Waals surface area contributed by atoms with E-state index in [9.17, 15) is 0 Å². The second-order valence-electron chi connectivity index (χ2n) is 3.94. The van der Waals surface area contributed by atoms with Gasteiger partial charge in [0, 0.05) is 18.0 Å². The SMILES string of the molecule is CCCc1c(N)ncnc1Sc1ncc(C)cn1. The van der Waals surface area contributed by atoms with E-state index in [4.69, 9.17) is 5.73 Å². The summed E-state index contributed by atoms with van der Waals surface area (Å²) in [6.45, 7) is 4.06. The van der Waals surface area contributed by atoms with Gasteiger partial charge in [-0.3, -0.25) is 0 Å². The lowest BCUT2D eigenvalue weighted by atomic mass is 10.2. The van der Waals surface area contributed by atoms with Crippen LogP contribution in [0.1, 0.15) is 24.5 Å². The smallest absolute Gasteiger partial charge is 0.193 e. The van der Waals surface area contributed by atoms with Gasteiger partial charge in [-0.15, -0.1) is 0 Å². The van der Waals surface area contributed by atoms with Crippen molar-refractivity contribution in [2.45, 2.75) is 36.9 Å². The van der Waals surface area contributed by atoms with E-state index in [0.717, 1.165) is 29.0 Å². The van der Waals surface area contributed by atoms with Crippen LogP contribution in [0.15, 0.2) is 28.9 Å². The first-order valence-electron chi connectivity index (χ1n) is 5.76. The van der Waals surface area contributed by atoms with Crippen LogP contribution >= 0.6 is 11.8 Å². The summed E-state index contributed by atoms with van der Waals surface area (Å²) in [5.41, 5.74) is 7.90. The Morgan fingerprint density at radius 3 is 2.56 bits per heavy atom. The molecule has 18 heavy (non-hydrogen) atoms. The summed E-state index contributed by atoms with van der Waals surface area (Å²) >= 11 is 1.42. The Balaban J connectivity index is 2.28. The Morgan fingerprint density at radius 1 is 1.17 bits per heavy atom. The van der Waals surface area contributed by atoms with E-state index in [1.54, 1.807) is 12.4 Å². The molecule has 2 N–H and O–H groups in total. The molecule has 0 aliphatic rings. The van der Waals surface area contributed by atoms with Crippen LogP contribution in [0.4, 0.5) is 5.82 Å². The van der Waals surface area contributed by atoms with Crippen LogP contribution in [0, 0.1) is 6.92 Å². The number of nitrogen functional groups attached to an aromatic ring is 1. The third-order valence-electron chi connectivity index (χ3n) is 2.38. The number of nitrogens with two attached hydrogens (primary N) is 1. The molecule has 5 nitrogen and oxygen atoms in total. The van der Waals surface area contributed by atoms with E-state index in [1.165, 1.54) is 18.1 Å². The number of hydrogen-bond acceptors (Lipinski definition) is 6. The molecular formula is C12H15N5S. The molecule has 6 heteroatoms. The highest BCUT2D eigenvalue weighted by Gasteiger charge is 2.11. The lowest BCUT2D eigenvalue weighted by Crippen LogP contribution is -2.02. The van der Waals surface area contributed by atoms with Crippen LogP contribution < -0.4 is 5.73 Å². The number of aryl methyl sites for hydroxylation is 1. The van der Waals surface area contributed by atoms with Crippen molar-refractivity contribution in [3.05, 3.63) is 29.8 Å². The van der Waals surface area contributed by atoms with Gasteiger partial charge in [0.2, 0.25) is 0 Å². The summed E-state index contributed by atoms with van der Waals surface area (Å²) in [7, 11) is 0. The molecule has 0 saturated carbocycles. The topological polar surface area (TPSA) is 77.6 Å². The zero-order valence-electron chi connectivity index (χ0n) is 10.4. The summed E-state index contributed by atoms with van der Waals surface area (Å²) < 4.78 is 0. The molecule has 0 fully saturated rings. The van der Waals surface area contributed by atoms with Gasteiger partial charge < -0.3 is 5.73 Å². The minimum atomic E-state index is 0.543. The Labute approximate surface area is 110 Å². The van der Waals surface area contributed by atoms with Crippen LogP contribution in [-0.4, -0.2) is 19.9 Å². The molecule has 94 valence electrons. The molecule has 2 rings (SSSR count). The Hall–Kier alpha value is -1.69. The number of aromatic nitrogens is 4. The van der Waals surface area contributed by atoms with Gasteiger partial charge in [-0.2, -0.15) is 0 Å². The molecule has 2 aromatic heterocycles. The van der Waals surface area contributed by atoms with Gasteiger partial charge in [-0.25, -0.2) is 19.9 Å². The third kappa shape index (κ3) is 2.95. The molecule has 0 atom stereocenters. The van der Waals surface area contributed by atoms with Crippen molar-refractivity contribution in [2.24, 2.45) is 0 Å². The van der Waals surface area contributed by atoms with Crippen LogP contribution in [0.25, 0.3) is 0 Å². The lowest BCUT2D eigenvalue weighted by molar-refractivity contribution is 0.857. The molecule has 0 saturated heterocycles. The first-order chi connectivity index (χ1) is 8.70. The van der Waals surface area contributed by atoms with E-state index >= 15 is 0 Å². The fraction of sp³-hybridized carbons (Fsp3) is 0.333. The van der Waals surface area contributed by atoms with E-state index in [1.807, 2.05) is 6.92 Å². The summed E-state index contributed by atoms with van der Waals surface area (Å²) in [4.78, 5) is 16.8. The fourth-order valence-electron chi connectivity index (χ4n) is 1.50. The molecule has 0 bridgehead atoms. The van der Waals surface area contributed by atoms with E-state index in [-0.39, 0.29) is 0 Å². The zero-order valence-corrected chi connectivity index (χ0v) is 11.2. The Morgan fingerprint density at radius 2 is 1.89 bits per heavy atom. The molecule has 2 aromatic rings. The van der Waals surface area contributed by atoms with Crippen molar-refractivity contribution < 1.29 is 0 Å². The summed E-state index contributed by atoms with van der Waals surface area (Å²) in [6, 6.07) is 0. The number of nitrogens with zero attached hydrogens (tertiary/aromatic N) is 4. The minimum absolute atomic E-state index is 0.543. The van der Waals surface area contributed by atoms with Crippen molar-refractivity contribution in [3.63, 3.8) is 0 Å². The monoisotopic (exact) mass is 261 g/mol. The standard InChI is InChI=1S/C12H15N5S/c1-3-4-9-10(13)16-7-17-11(9)18-12-14-5-8(2)6-15-12/h5-7H,3-4H2,1-2H3,(H2,13,16,17). The second kappa shape index (κ2) is 5.77. The molecule has 0 aromatic carbocycles. The van der Waals surface area contributed by atoms with Crippen molar-refractivity contribution in [3.8, 4) is 0 Å². The van der Waals surface area contributed by atoms with E-state index in [0.29, 0.717) is 11.0 Å². The largest absolute Gasteiger partial charge is 0.383 e. The highest BCUT2D eigenvalue weighted by molar-refractivity contribution is 7.99. The second-order valence-corrected chi connectivity index (χ2v) is 4.89. The molecule has 2 heterocycles. The van der Waals surface area contributed by atoms with Gasteiger partial charge >= 0.3 is 0 Å². The average molecular weight is 261 g/mol. The molecule has 0 aliphatic heterocycles. The van der Waals surface area contributed by atoms with Crippen molar-refractivity contribution in [1.82, 2.24) is 19.9 Å². The predicted molar refractivity (Wildman–Crippen MR) is 71.3 cm³/mol. The molecule has 0 aliphatic carbocycles. The predicted octanol–water partition coefficient (Wildman–Crippen LogP) is 2.26. The third-order valence-corrected chi connectivity index (χ3v) is 3.32. The maximum absolute atomic E-state index is 5.88. The molecular weight excluding hydrogens is 246 g/mol. The normalized spacial score (nSPS) is 10.6. The van der Waals surface area contributed by atoms with Gasteiger partial charge in [-0.05, 0) is 30.7 Å². The van der Waals surface area contributed by atoms with Gasteiger partial charge in [0.05, 0.1) is 0 Å². The van der Waals surface area contributed by atoms with Crippen LogP contribution in [0.2, 0.25) is 0 Å². The summed E-state index contributed by atoms with van der Waals surface area (Å²) in [5.74, 6) is 0.543. The Bertz CT molecular complexity index is 526. The van der Waals surface area contributed by atoms with Crippen molar-refractivity contribution in [1.29, 1.82) is 0 Å². The van der Waals surface area contributed by atoms with Gasteiger partial charge in [0.15, 0.2) is 5.16 Å². The van der Waals surface area contributed by atoms with Crippen LogP contribution in [0.3, 0.4) is 0 Å². The Kier molecular flexibility index (Phi) is 4.09. The van der Waals surface area contributed by atoms with Gasteiger partial charge in [-0.1, -0.05) is 13.3 Å². The van der Waals surface area contributed by atoms with Gasteiger partial charge in [0.25, 0.3) is 0 Å². The van der Waals surface area contributed by atoms with Gasteiger partial charge in [0.1, 0.15) is 17.2 Å². The molecule has 0 radical (unpaired) electrons. The van der Waals surface area contributed by atoms with Crippen molar-refractivity contribution >= 4 is 17.6 Å². The first-order valence-corrected chi connectivity index (χ1v) is 6.58. The summed E-state index contributed by atoms with van der Waals surface area (Å²) in [5, 5.41) is 1.52. The summed E-state index contributed by atoms with van der Waals surface area (Å²) in [6.07, 6.45) is 6.92. The van der Waals surface area contributed by atoms with Crippen LogP contribution in [0.5, 0.6) is 0 Å². The number of hydrogen-bond donors (Lipinski definition) is 1. The highest BCUT2D eigenvalue weighted by Crippen LogP contribution is 2.28. The highest BCUT2D eigenvalue weighted by atomic mass is 32.2. The van der Waals surface area contributed by atoms with E-state index < -0.39 is 0 Å². The maximum Gasteiger partial charge on any atom is 0.193 e. The molecule has 0 spiro atoms. The average Bonchev–Trinajstić information content (AvgIpc) is 2.36. The van der Waals surface area contributed by atoms with Crippen LogP contribution in [-0.2, 0) is 6.42 Å². The number of rotatable bonds is 4. The maximum atomic E-state index is 5.88. The van der Waals surface area contributed by atoms with Crippen molar-refractivity contribution in [2.75, 3.05) is 5.73 Å². The molecule has 0 unspecified atom stereocenters. The lowest BCUT2D eigenvalue weighted by Gasteiger charge is -2.08. The first kappa shape index (κ1) is 12.8. The number of anilines is 1.